The summed E-state index contributed by atoms with van der Waals surface area (Å²) in [5, 5.41) is 8.52. The molecule has 5 aromatic rings. The largest absolute Gasteiger partial charge is 0.475 e. The average Bonchev–Trinajstić information content (AvgIpc) is 3.71. The molecule has 0 radical (unpaired) electrons. The van der Waals surface area contributed by atoms with Crippen molar-refractivity contribution in [2.24, 2.45) is 0 Å². The molecule has 0 bridgehead atoms. The van der Waals surface area contributed by atoms with Gasteiger partial charge in [0, 0.05) is 44.1 Å². The molecule has 4 aromatic heterocycles. The van der Waals surface area contributed by atoms with E-state index in [0.29, 0.717) is 33.4 Å². The molecule has 1 aromatic carbocycles. The van der Waals surface area contributed by atoms with Gasteiger partial charge in [-0.2, -0.15) is 0 Å². The van der Waals surface area contributed by atoms with Crippen LogP contribution in [0.1, 0.15) is 31.1 Å². The van der Waals surface area contributed by atoms with Gasteiger partial charge < -0.3 is 24.9 Å². The van der Waals surface area contributed by atoms with E-state index < -0.39 is 35.1 Å². The van der Waals surface area contributed by atoms with E-state index in [-0.39, 0.29) is 46.4 Å². The molecule has 0 unspecified atom stereocenters. The number of H-pyrrole nitrogens is 2. The molecule has 45 heavy (non-hydrogen) atoms. The number of Topliss-reactive ketones (excluding diaryl/α,β-unsaturated/α-hetero) is 2. The van der Waals surface area contributed by atoms with E-state index in [9.17, 15) is 32.8 Å². The Morgan fingerprint density at radius 2 is 1.20 bits per heavy atom. The number of aromatic amines is 2. The Morgan fingerprint density at radius 1 is 0.733 bits per heavy atom. The number of aliphatic carboxylic acids is 1. The second kappa shape index (κ2) is 13.0. The number of carboxylic acids is 1. The van der Waals surface area contributed by atoms with Gasteiger partial charge in [0.15, 0.2) is 11.6 Å². The summed E-state index contributed by atoms with van der Waals surface area (Å²) in [5.41, 5.74) is 0.900. The maximum absolute atomic E-state index is 14.2. The highest BCUT2D eigenvalue weighted by Gasteiger charge is 2.31. The number of benzene rings is 1. The van der Waals surface area contributed by atoms with Crippen LogP contribution in [0.2, 0.25) is 0 Å². The van der Waals surface area contributed by atoms with Crippen LogP contribution in [0.15, 0.2) is 64.3 Å². The molecule has 0 aliphatic carbocycles. The predicted octanol–water partition coefficient (Wildman–Crippen LogP) is 4.36. The number of amides is 2. The minimum atomic E-state index is -1.63. The molecule has 3 N–H and O–H groups in total. The summed E-state index contributed by atoms with van der Waals surface area (Å²) in [7, 11) is 0. The number of fused-ring (bicyclic) bond motifs is 2. The zero-order chi connectivity index (χ0) is 32.4. The van der Waals surface area contributed by atoms with Crippen LogP contribution in [0.5, 0.6) is 0 Å². The van der Waals surface area contributed by atoms with E-state index in [1.54, 1.807) is 29.2 Å². The fraction of sp³-hybridized carbons (Fsp3) is 0.138. The second-order valence-corrected chi connectivity index (χ2v) is 11.1. The number of nitrogens with zero attached hydrogens (tertiary/aromatic N) is 4. The van der Waals surface area contributed by atoms with Crippen LogP contribution in [0, 0.1) is 11.6 Å². The molecule has 1 aliphatic heterocycles. The van der Waals surface area contributed by atoms with Gasteiger partial charge in [0.05, 0.1) is 45.3 Å². The van der Waals surface area contributed by atoms with Crippen LogP contribution in [0.4, 0.5) is 8.78 Å². The van der Waals surface area contributed by atoms with Crippen LogP contribution in [-0.4, -0.2) is 90.4 Å². The number of hydrogen-bond acceptors (Lipinski definition) is 7. The van der Waals surface area contributed by atoms with Crippen molar-refractivity contribution in [3.8, 4) is 0 Å². The topological polar surface area (TPSA) is 169 Å². The molecule has 0 atom stereocenters. The van der Waals surface area contributed by atoms with E-state index >= 15 is 0 Å². The van der Waals surface area contributed by atoms with Crippen molar-refractivity contribution in [3.63, 3.8) is 0 Å². The molecule has 1 saturated heterocycles. The van der Waals surface area contributed by atoms with Crippen molar-refractivity contribution >= 4 is 83.0 Å². The SMILES string of the molecule is O=C(C(=O)N1CCN(C(=O)c2ccccc2)CC1)c1c[nH]c2c(Br)ncc(F)c12.O=C(O)C(=O)c1c[nH]c2c(Br)ncc(F)c12. The number of carbonyl (C=O) groups is 5. The van der Waals surface area contributed by atoms with Crippen molar-refractivity contribution in [1.82, 2.24) is 29.7 Å². The fourth-order valence-corrected chi connectivity index (χ4v) is 5.59. The molecule has 1 fully saturated rings. The van der Waals surface area contributed by atoms with Crippen LogP contribution < -0.4 is 0 Å². The molecule has 230 valence electrons. The third kappa shape index (κ3) is 6.23. The highest BCUT2D eigenvalue weighted by atomic mass is 79.9. The van der Waals surface area contributed by atoms with E-state index in [1.807, 2.05) is 6.07 Å². The van der Waals surface area contributed by atoms with Crippen molar-refractivity contribution in [2.45, 2.75) is 0 Å². The molecule has 12 nitrogen and oxygen atoms in total. The van der Waals surface area contributed by atoms with Gasteiger partial charge in [0.25, 0.3) is 23.4 Å². The van der Waals surface area contributed by atoms with Crippen molar-refractivity contribution in [1.29, 1.82) is 0 Å². The van der Waals surface area contributed by atoms with Gasteiger partial charge in [-0.3, -0.25) is 19.2 Å². The second-order valence-electron chi connectivity index (χ2n) is 9.61. The highest BCUT2D eigenvalue weighted by molar-refractivity contribution is 9.10. The number of piperazine rings is 1. The lowest BCUT2D eigenvalue weighted by Crippen LogP contribution is -2.52. The number of aromatic nitrogens is 4. The Morgan fingerprint density at radius 3 is 1.69 bits per heavy atom. The smallest absolute Gasteiger partial charge is 0.377 e. The number of pyridine rings is 2. The van der Waals surface area contributed by atoms with E-state index in [1.165, 1.54) is 11.1 Å². The van der Waals surface area contributed by atoms with Gasteiger partial charge in [0.2, 0.25) is 0 Å². The molecule has 6 rings (SSSR count). The summed E-state index contributed by atoms with van der Waals surface area (Å²) < 4.78 is 28.3. The van der Waals surface area contributed by atoms with E-state index in [0.717, 1.165) is 18.6 Å². The molecule has 2 amide bonds. The average molecular weight is 746 g/mol. The third-order valence-corrected chi connectivity index (χ3v) is 8.19. The van der Waals surface area contributed by atoms with Gasteiger partial charge in [-0.25, -0.2) is 23.5 Å². The number of carbonyl (C=O) groups excluding carboxylic acids is 4. The Hall–Kier alpha value is -4.83. The summed E-state index contributed by atoms with van der Waals surface area (Å²) in [5.74, 6) is -5.85. The molecule has 16 heteroatoms. The Balaban J connectivity index is 0.000000211. The number of nitrogens with one attached hydrogen (secondary N) is 2. The maximum Gasteiger partial charge on any atom is 0.377 e. The van der Waals surface area contributed by atoms with E-state index in [2.05, 4.69) is 51.8 Å². The monoisotopic (exact) mass is 744 g/mol. The molecule has 0 saturated carbocycles. The molecular weight excluding hydrogens is 726 g/mol. The van der Waals surface area contributed by atoms with Crippen molar-refractivity contribution in [3.05, 3.63) is 92.7 Å². The van der Waals surface area contributed by atoms with Crippen molar-refractivity contribution in [2.75, 3.05) is 26.2 Å². The lowest BCUT2D eigenvalue weighted by molar-refractivity contribution is -0.131. The summed E-state index contributed by atoms with van der Waals surface area (Å²) in [6.07, 6.45) is 4.38. The first-order valence-corrected chi connectivity index (χ1v) is 14.7. The maximum atomic E-state index is 14.2. The Bertz CT molecular complexity index is 1990. The number of rotatable bonds is 5. The quantitative estimate of drug-likeness (QED) is 0.135. The lowest BCUT2D eigenvalue weighted by atomic mass is 10.1. The Labute approximate surface area is 268 Å². The first kappa shape index (κ1) is 31.6. The summed E-state index contributed by atoms with van der Waals surface area (Å²) in [6, 6.07) is 8.89. The summed E-state index contributed by atoms with van der Waals surface area (Å²) >= 11 is 6.26. The van der Waals surface area contributed by atoms with Crippen molar-refractivity contribution < 1.29 is 37.9 Å². The molecule has 1 aliphatic rings. The van der Waals surface area contributed by atoms with Crippen LogP contribution in [0.3, 0.4) is 0 Å². The van der Waals surface area contributed by atoms with Crippen LogP contribution in [-0.2, 0) is 9.59 Å². The fourth-order valence-electron chi connectivity index (χ4n) is 4.76. The first-order chi connectivity index (χ1) is 21.5. The predicted molar refractivity (Wildman–Crippen MR) is 163 cm³/mol. The lowest BCUT2D eigenvalue weighted by Gasteiger charge is -2.34. The number of carboxylic acid groups (broad SMARTS) is 1. The number of hydrogen-bond donors (Lipinski definition) is 3. The zero-order valence-electron chi connectivity index (χ0n) is 22.8. The van der Waals surface area contributed by atoms with Gasteiger partial charge >= 0.3 is 5.97 Å². The molecular formula is C29H20Br2F2N6O6. The third-order valence-electron chi connectivity index (χ3n) is 6.99. The van der Waals surface area contributed by atoms with Gasteiger partial charge in [-0.1, -0.05) is 18.2 Å². The number of halogens is 4. The van der Waals surface area contributed by atoms with Gasteiger partial charge in [0.1, 0.15) is 9.21 Å². The highest BCUT2D eigenvalue weighted by Crippen LogP contribution is 2.28. The Kier molecular flexibility index (Phi) is 9.15. The van der Waals surface area contributed by atoms with Crippen LogP contribution >= 0.6 is 31.9 Å². The summed E-state index contributed by atoms with van der Waals surface area (Å²) in [4.78, 5) is 75.6. The molecule has 5 heterocycles. The van der Waals surface area contributed by atoms with Gasteiger partial charge in [-0.15, -0.1) is 0 Å². The molecule has 0 spiro atoms. The zero-order valence-corrected chi connectivity index (χ0v) is 26.0. The van der Waals surface area contributed by atoms with Crippen LogP contribution in [0.25, 0.3) is 21.8 Å². The summed E-state index contributed by atoms with van der Waals surface area (Å²) in [6.45, 7) is 1.12. The normalized spacial score (nSPS) is 13.0. The minimum absolute atomic E-state index is 0.0307. The first-order valence-electron chi connectivity index (χ1n) is 13.1. The number of ketones is 2. The minimum Gasteiger partial charge on any atom is -0.475 e. The van der Waals surface area contributed by atoms with Gasteiger partial charge in [-0.05, 0) is 44.0 Å². The standard InChI is InChI=1S/C20H16BrFN4O3.C9H4BrFN2O3/c21-18-16-15(14(22)11-24-18)13(10-23-16)17(27)20(29)26-8-6-25(7-9-26)19(28)12-4-2-1-3-5-12;10-8-6-5(4(11)2-13-8)3(1-12-6)7(14)9(15)16/h1-5,10-11,23H,6-9H2;1-2,12H,(H,15,16). The van der Waals surface area contributed by atoms with E-state index in [4.69, 9.17) is 5.11 Å².